The second kappa shape index (κ2) is 12.6. The minimum absolute atomic E-state index is 0.0526. The summed E-state index contributed by atoms with van der Waals surface area (Å²) >= 11 is 7.39. The van der Waals surface area contributed by atoms with Crippen molar-refractivity contribution in [1.29, 1.82) is 5.26 Å². The molecule has 7 nitrogen and oxygen atoms in total. The highest BCUT2D eigenvalue weighted by Crippen LogP contribution is 2.41. The molecule has 0 bridgehead atoms. The highest BCUT2D eigenvalue weighted by Gasteiger charge is 2.35. The number of thioether (sulfide) groups is 1. The van der Waals surface area contributed by atoms with Gasteiger partial charge in [-0.05, 0) is 49.2 Å². The molecule has 0 saturated heterocycles. The van der Waals surface area contributed by atoms with Gasteiger partial charge in [0.25, 0.3) is 5.91 Å². The van der Waals surface area contributed by atoms with Gasteiger partial charge in [-0.2, -0.15) is 5.26 Å². The molecule has 4 rings (SSSR count). The van der Waals surface area contributed by atoms with Crippen molar-refractivity contribution in [3.05, 3.63) is 111 Å². The van der Waals surface area contributed by atoms with Gasteiger partial charge >= 0.3 is 0 Å². The lowest BCUT2D eigenvalue weighted by Gasteiger charge is -2.30. The number of allylic oxidation sites excluding steroid dienone is 2. The first kappa shape index (κ1) is 27.8. The number of dihydropyridines is 1. The van der Waals surface area contributed by atoms with Crippen LogP contribution in [0.15, 0.2) is 94.7 Å². The Balaban J connectivity index is 1.62. The maximum atomic E-state index is 13.6. The molecule has 1 unspecified atom stereocenters. The first-order valence-corrected chi connectivity index (χ1v) is 13.5. The van der Waals surface area contributed by atoms with Crippen molar-refractivity contribution in [2.45, 2.75) is 19.8 Å². The number of para-hydroxylation sites is 2. The Bertz CT molecular complexity index is 1510. The number of nitriles is 1. The quantitative estimate of drug-likeness (QED) is 0.297. The predicted octanol–water partition coefficient (Wildman–Crippen LogP) is 6.36. The van der Waals surface area contributed by atoms with Crippen molar-refractivity contribution in [3.8, 4) is 11.8 Å². The van der Waals surface area contributed by atoms with Crippen LogP contribution in [-0.4, -0.2) is 24.7 Å². The lowest BCUT2D eigenvalue weighted by Crippen LogP contribution is -2.31. The van der Waals surface area contributed by atoms with Crippen molar-refractivity contribution < 1.29 is 14.3 Å². The van der Waals surface area contributed by atoms with E-state index in [9.17, 15) is 14.9 Å². The van der Waals surface area contributed by atoms with E-state index in [1.54, 1.807) is 43.3 Å². The van der Waals surface area contributed by atoms with Crippen molar-refractivity contribution >= 4 is 46.6 Å². The van der Waals surface area contributed by atoms with Crippen LogP contribution < -0.4 is 20.7 Å². The van der Waals surface area contributed by atoms with Gasteiger partial charge in [0.2, 0.25) is 5.91 Å². The van der Waals surface area contributed by atoms with Gasteiger partial charge < -0.3 is 20.7 Å². The molecular weight excluding hydrogens is 532 g/mol. The first-order chi connectivity index (χ1) is 18.8. The molecule has 0 saturated carbocycles. The summed E-state index contributed by atoms with van der Waals surface area (Å²) in [5.41, 5.74) is 4.07. The lowest BCUT2D eigenvalue weighted by atomic mass is 9.82. The molecule has 2 amide bonds. The van der Waals surface area contributed by atoms with Crippen LogP contribution in [0.2, 0.25) is 5.02 Å². The molecule has 3 aromatic rings. The average Bonchev–Trinajstić information content (AvgIpc) is 2.94. The van der Waals surface area contributed by atoms with Crippen LogP contribution >= 0.6 is 23.4 Å². The molecule has 1 aliphatic heterocycles. The number of hydrogen-bond acceptors (Lipinski definition) is 6. The van der Waals surface area contributed by atoms with Crippen LogP contribution in [0.5, 0.6) is 5.75 Å². The van der Waals surface area contributed by atoms with E-state index in [1.165, 1.54) is 18.9 Å². The van der Waals surface area contributed by atoms with E-state index in [2.05, 4.69) is 22.0 Å². The summed E-state index contributed by atoms with van der Waals surface area (Å²) in [6.45, 7) is 3.62. The standard InChI is InChI=1S/C30H27ClN4O3S/c1-18-22(31)12-9-14-23(18)34-26(36)17-39-30-21(16-32)28(20-10-5-4-6-11-20)27(19(2)33-30)29(37)35-24-13-7-8-15-25(24)38-3/h4-15,28,33H,17H2,1-3H3,(H,34,36)(H,35,37). The van der Waals surface area contributed by atoms with E-state index in [0.29, 0.717) is 44.0 Å². The van der Waals surface area contributed by atoms with Crippen LogP contribution in [-0.2, 0) is 9.59 Å². The number of carbonyl (C=O) groups excluding carboxylic acids is 2. The Kier molecular flexibility index (Phi) is 8.97. The van der Waals surface area contributed by atoms with Crippen molar-refractivity contribution in [2.75, 3.05) is 23.5 Å². The van der Waals surface area contributed by atoms with Crippen LogP contribution in [0.3, 0.4) is 0 Å². The van der Waals surface area contributed by atoms with Gasteiger partial charge in [-0.15, -0.1) is 0 Å². The fraction of sp³-hybridized carbons (Fsp3) is 0.167. The number of amides is 2. The number of carbonyl (C=O) groups is 2. The van der Waals surface area contributed by atoms with Gasteiger partial charge in [-0.3, -0.25) is 9.59 Å². The molecule has 0 radical (unpaired) electrons. The number of nitrogens with one attached hydrogen (secondary N) is 3. The fourth-order valence-electron chi connectivity index (χ4n) is 4.31. The minimum atomic E-state index is -0.632. The molecule has 3 N–H and O–H groups in total. The van der Waals surface area contributed by atoms with Gasteiger partial charge in [-0.25, -0.2) is 0 Å². The molecule has 1 atom stereocenters. The molecule has 0 aliphatic carbocycles. The highest BCUT2D eigenvalue weighted by atomic mass is 35.5. The molecule has 3 aromatic carbocycles. The Morgan fingerprint density at radius 2 is 1.69 bits per heavy atom. The normalized spacial score (nSPS) is 14.8. The molecule has 1 heterocycles. The third kappa shape index (κ3) is 6.28. The van der Waals surface area contributed by atoms with Gasteiger partial charge in [-0.1, -0.05) is 71.9 Å². The zero-order valence-corrected chi connectivity index (χ0v) is 23.2. The van der Waals surface area contributed by atoms with E-state index in [0.717, 1.165) is 11.1 Å². The zero-order valence-electron chi connectivity index (χ0n) is 21.7. The van der Waals surface area contributed by atoms with E-state index in [1.807, 2.05) is 43.3 Å². The summed E-state index contributed by atoms with van der Waals surface area (Å²) in [6.07, 6.45) is 0. The van der Waals surface area contributed by atoms with Crippen molar-refractivity contribution in [3.63, 3.8) is 0 Å². The van der Waals surface area contributed by atoms with Crippen LogP contribution in [0, 0.1) is 18.3 Å². The molecule has 9 heteroatoms. The van der Waals surface area contributed by atoms with Crippen molar-refractivity contribution in [2.24, 2.45) is 0 Å². The van der Waals surface area contributed by atoms with E-state index < -0.39 is 5.92 Å². The van der Waals surface area contributed by atoms with Gasteiger partial charge in [0.05, 0.1) is 41.1 Å². The summed E-state index contributed by atoms with van der Waals surface area (Å²) in [7, 11) is 1.54. The lowest BCUT2D eigenvalue weighted by molar-refractivity contribution is -0.114. The minimum Gasteiger partial charge on any atom is -0.495 e. The highest BCUT2D eigenvalue weighted by molar-refractivity contribution is 8.03. The summed E-state index contributed by atoms with van der Waals surface area (Å²) in [5, 5.41) is 20.4. The second-order valence-corrected chi connectivity index (χ2v) is 10.2. The third-order valence-electron chi connectivity index (χ3n) is 6.27. The fourth-order valence-corrected chi connectivity index (χ4v) is 5.38. The first-order valence-electron chi connectivity index (χ1n) is 12.1. The Labute approximate surface area is 236 Å². The number of methoxy groups -OCH3 is 1. The van der Waals surface area contributed by atoms with Crippen LogP contribution in [0.1, 0.15) is 24.0 Å². The molecular formula is C30H27ClN4O3S. The molecule has 0 spiro atoms. The maximum Gasteiger partial charge on any atom is 0.254 e. The topological polar surface area (TPSA) is 103 Å². The Morgan fingerprint density at radius 1 is 1.00 bits per heavy atom. The largest absolute Gasteiger partial charge is 0.495 e. The molecule has 0 fully saturated rings. The molecule has 0 aromatic heterocycles. The predicted molar refractivity (Wildman–Crippen MR) is 157 cm³/mol. The number of halogens is 1. The number of rotatable bonds is 8. The maximum absolute atomic E-state index is 13.6. The van der Waals surface area contributed by atoms with Crippen LogP contribution in [0.4, 0.5) is 11.4 Å². The number of anilines is 2. The third-order valence-corrected chi connectivity index (χ3v) is 7.70. The van der Waals surface area contributed by atoms with Crippen LogP contribution in [0.25, 0.3) is 0 Å². The summed E-state index contributed by atoms with van der Waals surface area (Å²) in [5.74, 6) is -0.652. The van der Waals surface area contributed by atoms with Gasteiger partial charge in [0.15, 0.2) is 0 Å². The zero-order chi connectivity index (χ0) is 27.9. The summed E-state index contributed by atoms with van der Waals surface area (Å²) in [6, 6.07) is 24.1. The monoisotopic (exact) mass is 558 g/mol. The summed E-state index contributed by atoms with van der Waals surface area (Å²) in [4.78, 5) is 26.4. The average molecular weight is 559 g/mol. The SMILES string of the molecule is COc1ccccc1NC(=O)C1=C(C)NC(SCC(=O)Nc2cccc(Cl)c2C)=C(C#N)C1c1ccccc1. The number of ether oxygens (including phenoxy) is 1. The summed E-state index contributed by atoms with van der Waals surface area (Å²) < 4.78 is 5.39. The molecule has 39 heavy (non-hydrogen) atoms. The second-order valence-electron chi connectivity index (χ2n) is 8.77. The molecule has 1 aliphatic rings. The van der Waals surface area contributed by atoms with Gasteiger partial charge in [0, 0.05) is 22.0 Å². The van der Waals surface area contributed by atoms with Gasteiger partial charge in [0.1, 0.15) is 5.75 Å². The van der Waals surface area contributed by atoms with E-state index >= 15 is 0 Å². The number of benzene rings is 3. The number of hydrogen-bond donors (Lipinski definition) is 3. The van der Waals surface area contributed by atoms with E-state index in [4.69, 9.17) is 16.3 Å². The van der Waals surface area contributed by atoms with E-state index in [-0.39, 0.29) is 17.6 Å². The van der Waals surface area contributed by atoms with Crippen molar-refractivity contribution in [1.82, 2.24) is 5.32 Å². The Hall–Kier alpha value is -4.19. The number of nitrogens with zero attached hydrogens (tertiary/aromatic N) is 1. The Morgan fingerprint density at radius 3 is 2.41 bits per heavy atom. The smallest absolute Gasteiger partial charge is 0.254 e. The molecule has 198 valence electrons.